The minimum Gasteiger partial charge on any atom is -0.352 e. The molecule has 1 aliphatic rings. The van der Waals surface area contributed by atoms with Gasteiger partial charge in [0.15, 0.2) is 5.69 Å². The van der Waals surface area contributed by atoms with Gasteiger partial charge in [0.05, 0.1) is 17.5 Å². The molecule has 8 heteroatoms. The summed E-state index contributed by atoms with van der Waals surface area (Å²) in [4.78, 5) is 34.8. The van der Waals surface area contributed by atoms with Crippen molar-refractivity contribution in [1.29, 1.82) is 5.26 Å². The number of carbonyl (C=O) groups excluding carboxylic acids is 1. The van der Waals surface area contributed by atoms with Crippen LogP contribution in [-0.2, 0) is 6.54 Å². The average molecular weight is 451 g/mol. The van der Waals surface area contributed by atoms with Crippen molar-refractivity contribution in [3.63, 3.8) is 0 Å². The van der Waals surface area contributed by atoms with Crippen LogP contribution < -0.4 is 10.5 Å². The SMILES string of the molecule is N#Cc1cccnc1N1CCN(C(=O)c2nn(Cc3ccccc3)c(=O)c3ccccc23)CC1. The van der Waals surface area contributed by atoms with E-state index >= 15 is 0 Å². The number of hydrogen-bond donors (Lipinski definition) is 0. The summed E-state index contributed by atoms with van der Waals surface area (Å²) in [5.41, 5.74) is 1.50. The Kier molecular flexibility index (Phi) is 5.75. The van der Waals surface area contributed by atoms with E-state index in [-0.39, 0.29) is 23.7 Å². The number of benzene rings is 2. The molecule has 34 heavy (non-hydrogen) atoms. The summed E-state index contributed by atoms with van der Waals surface area (Å²) in [7, 11) is 0. The maximum Gasteiger partial charge on any atom is 0.275 e. The lowest BCUT2D eigenvalue weighted by Crippen LogP contribution is -2.49. The first-order valence-corrected chi connectivity index (χ1v) is 11.1. The van der Waals surface area contributed by atoms with Gasteiger partial charge in [-0.2, -0.15) is 10.4 Å². The number of amides is 1. The van der Waals surface area contributed by atoms with E-state index in [1.807, 2.05) is 41.3 Å². The number of carbonyl (C=O) groups is 1. The Bertz CT molecular complexity index is 1450. The Hall–Kier alpha value is -4.51. The predicted octanol–water partition coefficient (Wildman–Crippen LogP) is 2.67. The van der Waals surface area contributed by atoms with E-state index in [2.05, 4.69) is 16.2 Å². The molecule has 0 aliphatic carbocycles. The van der Waals surface area contributed by atoms with Gasteiger partial charge in [-0.25, -0.2) is 9.67 Å². The van der Waals surface area contributed by atoms with Crippen molar-refractivity contribution in [3.05, 3.63) is 100 Å². The minimum atomic E-state index is -0.222. The molecule has 3 heterocycles. The molecular weight excluding hydrogens is 428 g/mol. The van der Waals surface area contributed by atoms with Crippen LogP contribution >= 0.6 is 0 Å². The fraction of sp³-hybridized carbons (Fsp3) is 0.192. The quantitative estimate of drug-likeness (QED) is 0.474. The third kappa shape index (κ3) is 3.99. The topological polar surface area (TPSA) is 95.1 Å². The molecule has 0 unspecified atom stereocenters. The van der Waals surface area contributed by atoms with Crippen molar-refractivity contribution in [2.45, 2.75) is 6.54 Å². The van der Waals surface area contributed by atoms with E-state index in [0.29, 0.717) is 48.3 Å². The predicted molar refractivity (Wildman–Crippen MR) is 129 cm³/mol. The zero-order valence-electron chi connectivity index (χ0n) is 18.5. The van der Waals surface area contributed by atoms with Gasteiger partial charge in [-0.15, -0.1) is 0 Å². The highest BCUT2D eigenvalue weighted by Gasteiger charge is 2.27. The second-order valence-electron chi connectivity index (χ2n) is 8.11. The van der Waals surface area contributed by atoms with Gasteiger partial charge in [-0.1, -0.05) is 48.5 Å². The van der Waals surface area contributed by atoms with Crippen molar-refractivity contribution < 1.29 is 4.79 Å². The van der Waals surface area contributed by atoms with Crippen LogP contribution in [-0.4, -0.2) is 51.8 Å². The van der Waals surface area contributed by atoms with E-state index in [4.69, 9.17) is 0 Å². The Morgan fingerprint density at radius 3 is 2.35 bits per heavy atom. The van der Waals surface area contributed by atoms with Crippen LogP contribution in [0.3, 0.4) is 0 Å². The van der Waals surface area contributed by atoms with Crippen LogP contribution in [0.4, 0.5) is 5.82 Å². The van der Waals surface area contributed by atoms with Crippen LogP contribution in [0.15, 0.2) is 77.7 Å². The second-order valence-corrected chi connectivity index (χ2v) is 8.11. The lowest BCUT2D eigenvalue weighted by molar-refractivity contribution is 0.0740. The van der Waals surface area contributed by atoms with Crippen LogP contribution in [0.2, 0.25) is 0 Å². The molecule has 0 spiro atoms. The fourth-order valence-electron chi connectivity index (χ4n) is 4.26. The molecular formula is C26H22N6O2. The number of nitriles is 1. The first-order valence-electron chi connectivity index (χ1n) is 11.1. The molecule has 1 fully saturated rings. The summed E-state index contributed by atoms with van der Waals surface area (Å²) in [5, 5.41) is 14.9. The van der Waals surface area contributed by atoms with Gasteiger partial charge >= 0.3 is 0 Å². The lowest BCUT2D eigenvalue weighted by atomic mass is 10.1. The molecule has 168 valence electrons. The van der Waals surface area contributed by atoms with Gasteiger partial charge < -0.3 is 9.80 Å². The van der Waals surface area contributed by atoms with Crippen LogP contribution in [0.5, 0.6) is 0 Å². The molecule has 1 saturated heterocycles. The highest BCUT2D eigenvalue weighted by Crippen LogP contribution is 2.20. The third-order valence-electron chi connectivity index (χ3n) is 6.02. The van der Waals surface area contributed by atoms with E-state index in [0.717, 1.165) is 5.56 Å². The number of pyridine rings is 1. The third-order valence-corrected chi connectivity index (χ3v) is 6.02. The number of anilines is 1. The number of rotatable bonds is 4. The average Bonchev–Trinajstić information content (AvgIpc) is 2.90. The molecule has 0 atom stereocenters. The molecule has 0 saturated carbocycles. The van der Waals surface area contributed by atoms with Crippen LogP contribution in [0.25, 0.3) is 10.8 Å². The zero-order chi connectivity index (χ0) is 23.5. The molecule has 0 radical (unpaired) electrons. The second kappa shape index (κ2) is 9.16. The highest BCUT2D eigenvalue weighted by atomic mass is 16.2. The Balaban J connectivity index is 1.44. The van der Waals surface area contributed by atoms with E-state index in [1.54, 1.807) is 41.4 Å². The molecule has 1 aliphatic heterocycles. The van der Waals surface area contributed by atoms with Crippen LogP contribution in [0, 0.1) is 11.3 Å². The maximum absolute atomic E-state index is 13.6. The maximum atomic E-state index is 13.6. The normalized spacial score (nSPS) is 13.6. The van der Waals surface area contributed by atoms with Gasteiger partial charge in [-0.3, -0.25) is 9.59 Å². The highest BCUT2D eigenvalue weighted by molar-refractivity contribution is 6.04. The Morgan fingerprint density at radius 2 is 1.62 bits per heavy atom. The van der Waals surface area contributed by atoms with E-state index < -0.39 is 0 Å². The summed E-state index contributed by atoms with van der Waals surface area (Å²) in [6.07, 6.45) is 1.67. The van der Waals surface area contributed by atoms with Crippen LogP contribution in [0.1, 0.15) is 21.6 Å². The number of piperazine rings is 1. The summed E-state index contributed by atoms with van der Waals surface area (Å²) in [6.45, 7) is 2.33. The van der Waals surface area contributed by atoms with Crippen molar-refractivity contribution >= 4 is 22.5 Å². The van der Waals surface area contributed by atoms with E-state index in [9.17, 15) is 14.9 Å². The van der Waals surface area contributed by atoms with Gasteiger partial charge in [0.1, 0.15) is 11.9 Å². The first kappa shape index (κ1) is 21.3. The summed E-state index contributed by atoms with van der Waals surface area (Å²) < 4.78 is 1.37. The largest absolute Gasteiger partial charge is 0.352 e. The van der Waals surface area contributed by atoms with Gasteiger partial charge in [0.2, 0.25) is 0 Å². The summed E-state index contributed by atoms with van der Waals surface area (Å²) in [6, 6.07) is 22.4. The van der Waals surface area contributed by atoms with Crippen molar-refractivity contribution in [3.8, 4) is 6.07 Å². The van der Waals surface area contributed by atoms with Crippen molar-refractivity contribution in [1.82, 2.24) is 19.7 Å². The molecule has 4 aromatic rings. The standard InChI is InChI=1S/C26H22N6O2/c27-17-20-9-6-12-28-24(20)30-13-15-31(16-14-30)26(34)23-21-10-4-5-11-22(21)25(33)32(29-23)18-19-7-2-1-3-8-19/h1-12H,13-16,18H2. The van der Waals surface area contributed by atoms with Crippen molar-refractivity contribution in [2.75, 3.05) is 31.1 Å². The number of fused-ring (bicyclic) bond motifs is 1. The first-order chi connectivity index (χ1) is 16.7. The lowest BCUT2D eigenvalue weighted by Gasteiger charge is -2.35. The van der Waals surface area contributed by atoms with Crippen molar-refractivity contribution in [2.24, 2.45) is 0 Å². The van der Waals surface area contributed by atoms with Gasteiger partial charge in [0.25, 0.3) is 11.5 Å². The Labute approximate surface area is 196 Å². The number of aromatic nitrogens is 3. The smallest absolute Gasteiger partial charge is 0.275 e. The summed E-state index contributed by atoms with van der Waals surface area (Å²) >= 11 is 0. The molecule has 1 amide bonds. The zero-order valence-corrected chi connectivity index (χ0v) is 18.5. The fourth-order valence-corrected chi connectivity index (χ4v) is 4.26. The molecule has 0 N–H and O–H groups in total. The molecule has 0 bridgehead atoms. The number of hydrogen-bond acceptors (Lipinski definition) is 6. The summed E-state index contributed by atoms with van der Waals surface area (Å²) in [5.74, 6) is 0.427. The Morgan fingerprint density at radius 1 is 0.912 bits per heavy atom. The molecule has 2 aromatic heterocycles. The molecule has 5 rings (SSSR count). The number of nitrogens with zero attached hydrogens (tertiary/aromatic N) is 6. The van der Waals surface area contributed by atoms with E-state index in [1.165, 1.54) is 4.68 Å². The monoisotopic (exact) mass is 450 g/mol. The van der Waals surface area contributed by atoms with Gasteiger partial charge in [-0.05, 0) is 23.8 Å². The molecule has 8 nitrogen and oxygen atoms in total. The minimum absolute atomic E-state index is 0.209. The van der Waals surface area contributed by atoms with Gasteiger partial charge in [0, 0.05) is 37.8 Å². The molecule has 2 aromatic carbocycles.